The van der Waals surface area contributed by atoms with E-state index < -0.39 is 11.8 Å². The highest BCUT2D eigenvalue weighted by atomic mass is 79.9. The first-order valence-electron chi connectivity index (χ1n) is 5.57. The predicted molar refractivity (Wildman–Crippen MR) is 71.9 cm³/mol. The first-order valence-corrected chi connectivity index (χ1v) is 6.37. The number of benzene rings is 1. The topological polar surface area (TPSA) is 48.4 Å². The van der Waals surface area contributed by atoms with Crippen molar-refractivity contribution in [3.8, 4) is 5.88 Å². The van der Waals surface area contributed by atoms with Crippen LogP contribution in [0.4, 0.5) is 4.39 Å². The molecular weight excluding hydrogens is 317 g/mol. The maximum absolute atomic E-state index is 13.5. The lowest BCUT2D eigenvalue weighted by Crippen LogP contribution is -2.08. The molecule has 2 aromatic rings. The fourth-order valence-corrected chi connectivity index (χ4v) is 1.99. The highest BCUT2D eigenvalue weighted by molar-refractivity contribution is 9.10. The van der Waals surface area contributed by atoms with Crippen LogP contribution >= 0.6 is 15.9 Å². The number of hydrogen-bond acceptors (Lipinski definition) is 4. The van der Waals surface area contributed by atoms with Crippen LogP contribution in [0.5, 0.6) is 5.88 Å². The standard InChI is InChI=1S/C13H11BrFNO3/c1-3-19-13(17)8-4-7-5-10(15)9(14)6-11(7)16-12(8)18-2/h4-6H,3H2,1-2H3. The summed E-state index contributed by atoms with van der Waals surface area (Å²) in [4.78, 5) is 16.0. The second kappa shape index (κ2) is 5.52. The molecule has 1 aromatic heterocycles. The first-order chi connectivity index (χ1) is 9.06. The van der Waals surface area contributed by atoms with Gasteiger partial charge in [0.1, 0.15) is 11.4 Å². The van der Waals surface area contributed by atoms with Gasteiger partial charge < -0.3 is 9.47 Å². The Morgan fingerprint density at radius 3 is 2.79 bits per heavy atom. The number of carbonyl (C=O) groups excluding carboxylic acids is 1. The number of carbonyl (C=O) groups is 1. The fourth-order valence-electron chi connectivity index (χ4n) is 1.66. The second-order valence-electron chi connectivity index (χ2n) is 3.72. The lowest BCUT2D eigenvalue weighted by Gasteiger charge is -2.09. The van der Waals surface area contributed by atoms with E-state index in [9.17, 15) is 9.18 Å². The number of pyridine rings is 1. The highest BCUT2D eigenvalue weighted by Crippen LogP contribution is 2.27. The van der Waals surface area contributed by atoms with Crippen molar-refractivity contribution < 1.29 is 18.7 Å². The molecule has 19 heavy (non-hydrogen) atoms. The molecule has 0 bridgehead atoms. The molecule has 0 unspecified atom stereocenters. The van der Waals surface area contributed by atoms with Gasteiger partial charge in [-0.3, -0.25) is 0 Å². The SMILES string of the molecule is CCOC(=O)c1cc2cc(F)c(Br)cc2nc1OC. The Hall–Kier alpha value is -1.69. The summed E-state index contributed by atoms with van der Waals surface area (Å²) < 4.78 is 23.8. The number of hydrogen-bond donors (Lipinski definition) is 0. The van der Waals surface area contributed by atoms with Crippen LogP contribution in [0.25, 0.3) is 10.9 Å². The normalized spacial score (nSPS) is 10.5. The van der Waals surface area contributed by atoms with E-state index in [0.717, 1.165) is 0 Å². The molecule has 4 nitrogen and oxygen atoms in total. The number of rotatable bonds is 3. The summed E-state index contributed by atoms with van der Waals surface area (Å²) in [6.07, 6.45) is 0. The summed E-state index contributed by atoms with van der Waals surface area (Å²) in [5, 5.41) is 0.504. The molecule has 0 spiro atoms. The summed E-state index contributed by atoms with van der Waals surface area (Å²) in [5.41, 5.74) is 0.705. The average molecular weight is 328 g/mol. The summed E-state index contributed by atoms with van der Waals surface area (Å²) in [7, 11) is 1.41. The van der Waals surface area contributed by atoms with Crippen molar-refractivity contribution in [2.45, 2.75) is 6.92 Å². The highest BCUT2D eigenvalue weighted by Gasteiger charge is 2.17. The van der Waals surface area contributed by atoms with E-state index in [4.69, 9.17) is 9.47 Å². The summed E-state index contributed by atoms with van der Waals surface area (Å²) in [5.74, 6) is -0.809. The van der Waals surface area contributed by atoms with Crippen molar-refractivity contribution >= 4 is 32.8 Å². The van der Waals surface area contributed by atoms with Crippen LogP contribution in [0.15, 0.2) is 22.7 Å². The molecule has 0 saturated carbocycles. The van der Waals surface area contributed by atoms with Gasteiger partial charge in [0.25, 0.3) is 0 Å². The average Bonchev–Trinajstić information content (AvgIpc) is 2.39. The van der Waals surface area contributed by atoms with E-state index in [-0.39, 0.29) is 18.1 Å². The number of esters is 1. The molecule has 0 atom stereocenters. The minimum Gasteiger partial charge on any atom is -0.480 e. The van der Waals surface area contributed by atoms with Crippen molar-refractivity contribution in [2.24, 2.45) is 0 Å². The smallest absolute Gasteiger partial charge is 0.343 e. The van der Waals surface area contributed by atoms with Gasteiger partial charge in [0, 0.05) is 5.39 Å². The van der Waals surface area contributed by atoms with Gasteiger partial charge in [-0.1, -0.05) is 0 Å². The number of fused-ring (bicyclic) bond motifs is 1. The molecule has 0 aliphatic rings. The Labute approximate surface area is 117 Å². The summed E-state index contributed by atoms with van der Waals surface area (Å²) >= 11 is 3.09. The van der Waals surface area contributed by atoms with E-state index in [2.05, 4.69) is 20.9 Å². The van der Waals surface area contributed by atoms with Gasteiger partial charge in [-0.25, -0.2) is 14.2 Å². The molecule has 1 aromatic carbocycles. The van der Waals surface area contributed by atoms with Gasteiger partial charge >= 0.3 is 5.97 Å². The molecule has 0 aliphatic heterocycles. The zero-order chi connectivity index (χ0) is 14.0. The minimum atomic E-state index is -0.544. The maximum Gasteiger partial charge on any atom is 0.343 e. The molecule has 0 N–H and O–H groups in total. The Kier molecular flexibility index (Phi) is 3.99. The third kappa shape index (κ3) is 2.68. The van der Waals surface area contributed by atoms with Crippen LogP contribution in [0.3, 0.4) is 0 Å². The Morgan fingerprint density at radius 2 is 2.16 bits per heavy atom. The Morgan fingerprint density at radius 1 is 1.42 bits per heavy atom. The van der Waals surface area contributed by atoms with Crippen LogP contribution in [-0.2, 0) is 4.74 Å². The fraction of sp³-hybridized carbons (Fsp3) is 0.231. The third-order valence-electron chi connectivity index (χ3n) is 2.51. The number of aromatic nitrogens is 1. The van der Waals surface area contributed by atoms with Gasteiger partial charge in [-0.2, -0.15) is 0 Å². The summed E-state index contributed by atoms with van der Waals surface area (Å²) in [6.45, 7) is 1.95. The van der Waals surface area contributed by atoms with Gasteiger partial charge in [0.15, 0.2) is 0 Å². The van der Waals surface area contributed by atoms with Gasteiger partial charge in [-0.15, -0.1) is 0 Å². The molecule has 0 saturated heterocycles. The van der Waals surface area contributed by atoms with Gasteiger partial charge in [-0.05, 0) is 41.1 Å². The molecule has 1 heterocycles. The minimum absolute atomic E-state index is 0.157. The Balaban J connectivity index is 2.64. The van der Waals surface area contributed by atoms with E-state index in [1.54, 1.807) is 6.92 Å². The van der Waals surface area contributed by atoms with Crippen LogP contribution in [0, 0.1) is 5.82 Å². The maximum atomic E-state index is 13.5. The largest absolute Gasteiger partial charge is 0.480 e. The van der Waals surface area contributed by atoms with Crippen molar-refractivity contribution in [2.75, 3.05) is 13.7 Å². The number of nitrogens with zero attached hydrogens (tertiary/aromatic N) is 1. The second-order valence-corrected chi connectivity index (χ2v) is 4.58. The lowest BCUT2D eigenvalue weighted by atomic mass is 10.1. The van der Waals surface area contributed by atoms with Crippen molar-refractivity contribution in [3.05, 3.63) is 34.1 Å². The van der Waals surface area contributed by atoms with E-state index in [1.165, 1.54) is 25.3 Å². The van der Waals surface area contributed by atoms with Crippen molar-refractivity contribution in [3.63, 3.8) is 0 Å². The monoisotopic (exact) mass is 327 g/mol. The van der Waals surface area contributed by atoms with Crippen LogP contribution < -0.4 is 4.74 Å². The number of halogens is 2. The third-order valence-corrected chi connectivity index (χ3v) is 3.12. The van der Waals surface area contributed by atoms with Crippen molar-refractivity contribution in [1.29, 1.82) is 0 Å². The summed E-state index contributed by atoms with van der Waals surface area (Å²) in [6, 6.07) is 4.34. The van der Waals surface area contributed by atoms with Gasteiger partial charge in [0.05, 0.1) is 23.7 Å². The zero-order valence-electron chi connectivity index (χ0n) is 10.4. The molecule has 6 heteroatoms. The quantitative estimate of drug-likeness (QED) is 0.811. The van der Waals surface area contributed by atoms with Gasteiger partial charge in [0.2, 0.25) is 5.88 Å². The van der Waals surface area contributed by atoms with Crippen LogP contribution in [0.1, 0.15) is 17.3 Å². The molecule has 2 rings (SSSR count). The lowest BCUT2D eigenvalue weighted by molar-refractivity contribution is 0.0522. The predicted octanol–water partition coefficient (Wildman–Crippen LogP) is 3.32. The number of methoxy groups -OCH3 is 1. The molecule has 0 amide bonds. The van der Waals surface area contributed by atoms with Crippen molar-refractivity contribution in [1.82, 2.24) is 4.98 Å². The first kappa shape index (κ1) is 13.7. The van der Waals surface area contributed by atoms with E-state index in [0.29, 0.717) is 15.4 Å². The zero-order valence-corrected chi connectivity index (χ0v) is 12.0. The molecule has 0 fully saturated rings. The number of ether oxygens (including phenoxy) is 2. The van der Waals surface area contributed by atoms with E-state index in [1.807, 2.05) is 0 Å². The van der Waals surface area contributed by atoms with Crippen LogP contribution in [-0.4, -0.2) is 24.7 Å². The molecule has 100 valence electrons. The molecule has 0 aliphatic carbocycles. The Bertz CT molecular complexity index is 645. The van der Waals surface area contributed by atoms with Crippen LogP contribution in [0.2, 0.25) is 0 Å². The molecular formula is C13H11BrFNO3. The van der Waals surface area contributed by atoms with E-state index >= 15 is 0 Å². The molecule has 0 radical (unpaired) electrons.